The number of benzene rings is 2. The maximum Gasteiger partial charge on any atom is 0.410 e. The number of carbonyl (C=O) groups excluding carboxylic acids is 2. The Labute approximate surface area is 294 Å². The normalized spacial score (nSPS) is 12.2. The number of anilines is 2. The van der Waals surface area contributed by atoms with Crippen LogP contribution in [0.15, 0.2) is 60.7 Å². The van der Waals surface area contributed by atoms with Crippen LogP contribution in [0.3, 0.4) is 0 Å². The van der Waals surface area contributed by atoms with Crippen LogP contribution < -0.4 is 8.61 Å². The number of hydrogen-bond acceptors (Lipinski definition) is 8. The minimum absolute atomic E-state index is 0.202. The van der Waals surface area contributed by atoms with Gasteiger partial charge in [-0.15, -0.1) is 0 Å². The summed E-state index contributed by atoms with van der Waals surface area (Å²) < 4.78 is 64.0. The van der Waals surface area contributed by atoms with Gasteiger partial charge in [-0.1, -0.05) is 36.4 Å². The fourth-order valence-electron chi connectivity index (χ4n) is 5.00. The van der Waals surface area contributed by atoms with Gasteiger partial charge in [0.25, 0.3) is 0 Å². The molecule has 49 heavy (non-hydrogen) atoms. The van der Waals surface area contributed by atoms with Crippen molar-refractivity contribution in [2.75, 3.05) is 60.4 Å². The number of hydrogen-bond donors (Lipinski definition) is 0. The van der Waals surface area contributed by atoms with Crippen molar-refractivity contribution in [3.63, 3.8) is 0 Å². The molecule has 0 radical (unpaired) electrons. The van der Waals surface area contributed by atoms with Crippen LogP contribution in [-0.4, -0.2) is 102 Å². The molecule has 0 N–H and O–H groups in total. The smallest absolute Gasteiger partial charge is 0.410 e. The molecule has 0 fully saturated rings. The zero-order chi connectivity index (χ0) is 36.9. The Hall–Kier alpha value is -3.52. The number of amides is 2. The molecule has 0 aliphatic carbocycles. The van der Waals surface area contributed by atoms with E-state index in [2.05, 4.69) is 0 Å². The molecule has 0 bridgehead atoms. The molecule has 0 aromatic heterocycles. The van der Waals surface area contributed by atoms with Gasteiger partial charge in [0, 0.05) is 39.3 Å². The summed E-state index contributed by atoms with van der Waals surface area (Å²) in [7, 11) is -7.05. The van der Waals surface area contributed by atoms with Crippen molar-refractivity contribution < 1.29 is 35.9 Å². The van der Waals surface area contributed by atoms with Gasteiger partial charge in [-0.05, 0) is 97.9 Å². The third-order valence-electron chi connectivity index (χ3n) is 7.13. The maximum atomic E-state index is 13.1. The lowest BCUT2D eigenvalue weighted by molar-refractivity contribution is 0.0243. The van der Waals surface area contributed by atoms with Gasteiger partial charge in [-0.2, -0.15) is 0 Å². The van der Waals surface area contributed by atoms with E-state index in [0.717, 1.165) is 12.5 Å². The van der Waals surface area contributed by atoms with E-state index >= 15 is 0 Å². The van der Waals surface area contributed by atoms with Gasteiger partial charge in [0.15, 0.2) is 0 Å². The van der Waals surface area contributed by atoms with Gasteiger partial charge in [-0.3, -0.25) is 8.61 Å². The molecule has 14 heteroatoms. The molecule has 0 saturated carbocycles. The van der Waals surface area contributed by atoms with E-state index in [4.69, 9.17) is 9.47 Å². The van der Waals surface area contributed by atoms with Crippen molar-refractivity contribution in [1.29, 1.82) is 0 Å². The number of carbonyl (C=O) groups is 2. The number of unbranched alkanes of at least 4 members (excludes halogenated alkanes) is 2. The first kappa shape index (κ1) is 41.7. The molecule has 0 saturated heterocycles. The Morgan fingerprint density at radius 2 is 0.816 bits per heavy atom. The molecule has 2 rings (SSSR count). The Balaban J connectivity index is 2.02. The summed E-state index contributed by atoms with van der Waals surface area (Å²) in [5.74, 6) is 0. The Bertz CT molecular complexity index is 1410. The van der Waals surface area contributed by atoms with Crippen molar-refractivity contribution in [2.45, 2.75) is 84.8 Å². The summed E-state index contributed by atoms with van der Waals surface area (Å²) >= 11 is 0. The summed E-state index contributed by atoms with van der Waals surface area (Å²) in [4.78, 5) is 29.4. The molecule has 2 aromatic carbocycles. The van der Waals surface area contributed by atoms with Crippen molar-refractivity contribution in [3.8, 4) is 0 Å². The molecule has 2 aromatic rings. The van der Waals surface area contributed by atoms with Crippen molar-refractivity contribution in [1.82, 2.24) is 9.80 Å². The zero-order valence-electron chi connectivity index (χ0n) is 30.4. The molecular weight excluding hydrogens is 669 g/mol. The van der Waals surface area contributed by atoms with Gasteiger partial charge in [0.2, 0.25) is 20.0 Å². The second-order valence-electron chi connectivity index (χ2n) is 14.0. The van der Waals surface area contributed by atoms with E-state index in [1.54, 1.807) is 99.9 Å². The van der Waals surface area contributed by atoms with E-state index < -0.39 is 43.4 Å². The summed E-state index contributed by atoms with van der Waals surface area (Å²) in [6.45, 7) is 12.6. The van der Waals surface area contributed by atoms with Crippen LogP contribution >= 0.6 is 0 Å². The number of rotatable bonds is 18. The standard InChI is InChI=1S/C35H56N4O8S2/c1-34(2,3)46-32(40)36(26-18-28-38(48(7,42)43)30-20-12-9-13-21-30)24-16-11-17-25-37(33(41)47-35(4,5)6)27-19-29-39(49(8,44)45)31-22-14-10-15-23-31/h9-10,12-15,20-23H,11,16-19,24-29H2,1-8H3. The van der Waals surface area contributed by atoms with Gasteiger partial charge in [0.05, 0.1) is 23.9 Å². The molecule has 2 amide bonds. The summed E-state index contributed by atoms with van der Waals surface area (Å²) in [6.07, 6.45) is 4.15. The molecule has 0 aliphatic heterocycles. The van der Waals surface area contributed by atoms with Crippen molar-refractivity contribution >= 4 is 43.6 Å². The lowest BCUT2D eigenvalue weighted by Crippen LogP contribution is -2.40. The van der Waals surface area contributed by atoms with E-state index in [9.17, 15) is 26.4 Å². The quantitative estimate of drug-likeness (QED) is 0.163. The molecule has 0 heterocycles. The largest absolute Gasteiger partial charge is 0.444 e. The highest BCUT2D eigenvalue weighted by Gasteiger charge is 2.25. The number of ether oxygens (including phenoxy) is 2. The highest BCUT2D eigenvalue weighted by atomic mass is 32.2. The highest BCUT2D eigenvalue weighted by Crippen LogP contribution is 2.20. The van der Waals surface area contributed by atoms with Crippen LogP contribution in [0.5, 0.6) is 0 Å². The van der Waals surface area contributed by atoms with Gasteiger partial charge >= 0.3 is 12.2 Å². The monoisotopic (exact) mass is 724 g/mol. The molecule has 0 unspecified atom stereocenters. The van der Waals surface area contributed by atoms with Gasteiger partial charge in [0.1, 0.15) is 11.2 Å². The third kappa shape index (κ3) is 16.2. The van der Waals surface area contributed by atoms with E-state index in [1.807, 2.05) is 12.1 Å². The third-order valence-corrected chi connectivity index (χ3v) is 9.52. The van der Waals surface area contributed by atoms with Crippen LogP contribution in [0.25, 0.3) is 0 Å². The second kappa shape index (κ2) is 18.5. The first-order chi connectivity index (χ1) is 22.7. The SMILES string of the molecule is CC(C)(C)OC(=O)N(CCCCCN(CCCN(c1ccccc1)S(C)(=O)=O)C(=O)OC(C)(C)C)CCCN(c1ccccc1)S(C)(=O)=O. The van der Waals surface area contributed by atoms with Crippen LogP contribution in [0.4, 0.5) is 21.0 Å². The Morgan fingerprint density at radius 3 is 1.10 bits per heavy atom. The Morgan fingerprint density at radius 1 is 0.510 bits per heavy atom. The van der Waals surface area contributed by atoms with Crippen LogP contribution in [0, 0.1) is 0 Å². The predicted octanol–water partition coefficient (Wildman–Crippen LogP) is 6.34. The minimum Gasteiger partial charge on any atom is -0.444 e. The summed E-state index contributed by atoms with van der Waals surface area (Å²) in [5.41, 5.74) is -0.265. The van der Waals surface area contributed by atoms with Crippen LogP contribution in [0.1, 0.15) is 73.6 Å². The number of para-hydroxylation sites is 2. The van der Waals surface area contributed by atoms with Crippen LogP contribution in [0.2, 0.25) is 0 Å². The number of sulfonamides is 2. The zero-order valence-corrected chi connectivity index (χ0v) is 32.1. The molecule has 0 aliphatic rings. The molecule has 0 spiro atoms. The average Bonchev–Trinajstić information content (AvgIpc) is 2.96. The second-order valence-corrected chi connectivity index (χ2v) is 17.9. The topological polar surface area (TPSA) is 134 Å². The molecule has 0 atom stereocenters. The van der Waals surface area contributed by atoms with Gasteiger partial charge < -0.3 is 19.3 Å². The maximum absolute atomic E-state index is 13.1. The first-order valence-corrected chi connectivity index (χ1v) is 20.4. The molecule has 12 nitrogen and oxygen atoms in total. The van der Waals surface area contributed by atoms with Crippen LogP contribution in [-0.2, 0) is 29.5 Å². The lowest BCUT2D eigenvalue weighted by Gasteiger charge is -2.29. The van der Waals surface area contributed by atoms with E-state index in [-0.39, 0.29) is 13.1 Å². The Kier molecular flexibility index (Phi) is 15.7. The van der Waals surface area contributed by atoms with Gasteiger partial charge in [-0.25, -0.2) is 26.4 Å². The first-order valence-electron chi connectivity index (χ1n) is 16.7. The lowest BCUT2D eigenvalue weighted by atomic mass is 10.2. The van der Waals surface area contributed by atoms with E-state index in [0.29, 0.717) is 69.7 Å². The number of nitrogens with zero attached hydrogens (tertiary/aromatic N) is 4. The average molecular weight is 725 g/mol. The summed E-state index contributed by atoms with van der Waals surface area (Å²) in [6, 6.07) is 17.7. The highest BCUT2D eigenvalue weighted by molar-refractivity contribution is 7.92. The van der Waals surface area contributed by atoms with Crippen molar-refractivity contribution in [2.24, 2.45) is 0 Å². The fourth-order valence-corrected chi connectivity index (χ4v) is 6.93. The summed E-state index contributed by atoms with van der Waals surface area (Å²) in [5, 5.41) is 0. The predicted molar refractivity (Wildman–Crippen MR) is 196 cm³/mol. The van der Waals surface area contributed by atoms with Crippen molar-refractivity contribution in [3.05, 3.63) is 60.7 Å². The molecular formula is C35H56N4O8S2. The molecule has 276 valence electrons. The minimum atomic E-state index is -3.53. The fraction of sp³-hybridized carbons (Fsp3) is 0.600. The van der Waals surface area contributed by atoms with E-state index in [1.165, 1.54) is 8.61 Å².